The van der Waals surface area contributed by atoms with E-state index in [0.717, 1.165) is 5.56 Å². The molecule has 0 bridgehead atoms. The molecule has 0 aliphatic carbocycles. The molecule has 35 heavy (non-hydrogen) atoms. The second-order valence-electron chi connectivity index (χ2n) is 7.65. The van der Waals surface area contributed by atoms with Gasteiger partial charge in [-0.25, -0.2) is 9.59 Å². The molecule has 4 rings (SSSR count). The van der Waals surface area contributed by atoms with Crippen molar-refractivity contribution in [3.8, 4) is 11.4 Å². The average Bonchev–Trinajstić information content (AvgIpc) is 3.26. The number of carboxylic acids is 2. The van der Waals surface area contributed by atoms with Crippen LogP contribution in [-0.2, 0) is 14.4 Å². The molecule has 1 saturated heterocycles. The maximum atomic E-state index is 12.2. The number of carboxylic acid groups (broad SMARTS) is 2. The second kappa shape index (κ2) is 11.4. The maximum absolute atomic E-state index is 12.2. The van der Waals surface area contributed by atoms with E-state index < -0.39 is 11.9 Å². The Bertz CT molecular complexity index is 1220. The normalized spacial score (nSPS) is 13.2. The smallest absolute Gasteiger partial charge is 0.414 e. The summed E-state index contributed by atoms with van der Waals surface area (Å²) in [7, 11) is 0. The van der Waals surface area contributed by atoms with Crippen LogP contribution in [0.1, 0.15) is 29.1 Å². The van der Waals surface area contributed by atoms with Gasteiger partial charge < -0.3 is 20.1 Å². The number of likely N-dealkylation sites (tertiary alicyclic amines) is 1. The van der Waals surface area contributed by atoms with E-state index in [1.807, 2.05) is 17.0 Å². The number of ketones is 1. The molecule has 1 aliphatic heterocycles. The van der Waals surface area contributed by atoms with Gasteiger partial charge in [0, 0.05) is 34.9 Å². The molecule has 0 unspecified atom stereocenters. The summed E-state index contributed by atoms with van der Waals surface area (Å²) in [6.45, 7) is 3.14. The van der Waals surface area contributed by atoms with Crippen LogP contribution >= 0.6 is 11.6 Å². The Labute approximate surface area is 204 Å². The fourth-order valence-electron chi connectivity index (χ4n) is 3.19. The van der Waals surface area contributed by atoms with Gasteiger partial charge in [-0.05, 0) is 43.3 Å². The summed E-state index contributed by atoms with van der Waals surface area (Å²) in [6, 6.07) is 14.1. The third-order valence-electron chi connectivity index (χ3n) is 4.96. The van der Waals surface area contributed by atoms with Gasteiger partial charge in [0.15, 0.2) is 5.78 Å². The third-order valence-corrected chi connectivity index (χ3v) is 5.19. The first-order chi connectivity index (χ1) is 16.6. The molecule has 1 fully saturated rings. The Hall–Kier alpha value is -4.09. The van der Waals surface area contributed by atoms with Crippen LogP contribution in [0.15, 0.2) is 53.1 Å². The average molecular weight is 501 g/mol. The fourth-order valence-corrected chi connectivity index (χ4v) is 3.38. The van der Waals surface area contributed by atoms with E-state index in [4.69, 9.17) is 35.9 Å². The van der Waals surface area contributed by atoms with Crippen molar-refractivity contribution in [1.82, 2.24) is 15.0 Å². The van der Waals surface area contributed by atoms with Crippen LogP contribution in [0.4, 0.5) is 5.69 Å². The lowest BCUT2D eigenvalue weighted by molar-refractivity contribution is -0.159. The highest BCUT2D eigenvalue weighted by atomic mass is 35.5. The summed E-state index contributed by atoms with van der Waals surface area (Å²) in [5.74, 6) is -2.58. The molecular formula is C23H21ClN4O7. The molecule has 12 heteroatoms. The molecular weight excluding hydrogens is 480 g/mol. The number of hydrogen-bond acceptors (Lipinski definition) is 8. The van der Waals surface area contributed by atoms with Gasteiger partial charge >= 0.3 is 11.9 Å². The van der Waals surface area contributed by atoms with Gasteiger partial charge in [-0.15, -0.1) is 0 Å². The van der Waals surface area contributed by atoms with Crippen molar-refractivity contribution in [3.63, 3.8) is 0 Å². The molecule has 0 saturated carbocycles. The topological polar surface area (TPSA) is 163 Å². The minimum absolute atomic E-state index is 0.00552. The van der Waals surface area contributed by atoms with Crippen molar-refractivity contribution >= 4 is 40.9 Å². The van der Waals surface area contributed by atoms with E-state index in [-0.39, 0.29) is 24.2 Å². The summed E-state index contributed by atoms with van der Waals surface area (Å²) in [5.41, 5.74) is 2.09. The number of hydrogen-bond donors (Lipinski definition) is 3. The van der Waals surface area contributed by atoms with Crippen molar-refractivity contribution in [2.45, 2.75) is 12.8 Å². The lowest BCUT2D eigenvalue weighted by Gasteiger charge is -2.36. The van der Waals surface area contributed by atoms with Gasteiger partial charge in [0.05, 0.1) is 12.5 Å². The molecule has 182 valence electrons. The largest absolute Gasteiger partial charge is 0.473 e. The SMILES string of the molecule is CC(=O)c1ccc(NC(=O)CN2CC(c3nc(-c4cccc(Cl)c4)no3)C2)cc1.O=C(O)C(=O)O. The first kappa shape index (κ1) is 25.5. The van der Waals surface area contributed by atoms with Crippen LogP contribution in [0.2, 0.25) is 5.02 Å². The Morgan fingerprint density at radius 2 is 1.74 bits per heavy atom. The van der Waals surface area contributed by atoms with Crippen molar-refractivity contribution in [2.75, 3.05) is 25.0 Å². The van der Waals surface area contributed by atoms with E-state index in [0.29, 0.717) is 41.1 Å². The number of anilines is 1. The van der Waals surface area contributed by atoms with Gasteiger partial charge in [-0.1, -0.05) is 28.9 Å². The summed E-state index contributed by atoms with van der Waals surface area (Å²) in [5, 5.41) is 22.3. The Kier molecular flexibility index (Phi) is 8.29. The number of Topliss-reactive ketones (excluding diaryl/α,β-unsaturated/α-hetero) is 1. The number of rotatable bonds is 6. The quantitative estimate of drug-likeness (QED) is 0.338. The fraction of sp³-hybridized carbons (Fsp3) is 0.217. The Balaban J connectivity index is 0.000000509. The zero-order chi connectivity index (χ0) is 25.5. The summed E-state index contributed by atoms with van der Waals surface area (Å²) in [4.78, 5) is 48.2. The van der Waals surface area contributed by atoms with Crippen LogP contribution in [0.25, 0.3) is 11.4 Å². The standard InChI is InChI=1S/C21H19ClN4O3.C2H2O4/c1-13(27)14-5-7-18(8-6-14)23-19(28)12-26-10-16(11-26)21-24-20(25-29-21)15-3-2-4-17(22)9-15;3-1(4)2(5)6/h2-9,16H,10-12H2,1H3,(H,23,28);(H,3,4)(H,5,6). The van der Waals surface area contributed by atoms with Gasteiger partial charge in [-0.3, -0.25) is 14.5 Å². The molecule has 2 heterocycles. The highest BCUT2D eigenvalue weighted by molar-refractivity contribution is 6.30. The predicted octanol–water partition coefficient (Wildman–Crippen LogP) is 2.79. The molecule has 11 nitrogen and oxygen atoms in total. The molecule has 0 radical (unpaired) electrons. The minimum atomic E-state index is -1.82. The van der Waals surface area contributed by atoms with Gasteiger partial charge in [0.25, 0.3) is 0 Å². The highest BCUT2D eigenvalue weighted by Crippen LogP contribution is 2.28. The lowest BCUT2D eigenvalue weighted by atomic mass is 10.0. The van der Waals surface area contributed by atoms with E-state index in [2.05, 4.69) is 15.5 Å². The second-order valence-corrected chi connectivity index (χ2v) is 8.09. The Morgan fingerprint density at radius 1 is 1.09 bits per heavy atom. The minimum Gasteiger partial charge on any atom is -0.473 e. The summed E-state index contributed by atoms with van der Waals surface area (Å²) in [6.07, 6.45) is 0. The molecule has 2 aromatic carbocycles. The van der Waals surface area contributed by atoms with Crippen LogP contribution in [0.5, 0.6) is 0 Å². The van der Waals surface area contributed by atoms with Crippen molar-refractivity contribution < 1.29 is 33.9 Å². The van der Waals surface area contributed by atoms with Crippen LogP contribution in [0.3, 0.4) is 0 Å². The van der Waals surface area contributed by atoms with Gasteiger partial charge in [0.2, 0.25) is 17.6 Å². The molecule has 1 aliphatic rings. The number of nitrogens with one attached hydrogen (secondary N) is 1. The highest BCUT2D eigenvalue weighted by Gasteiger charge is 2.33. The van der Waals surface area contributed by atoms with Crippen molar-refractivity contribution in [2.24, 2.45) is 0 Å². The first-order valence-electron chi connectivity index (χ1n) is 10.3. The summed E-state index contributed by atoms with van der Waals surface area (Å²) < 4.78 is 5.38. The third kappa shape index (κ3) is 7.19. The zero-order valence-corrected chi connectivity index (χ0v) is 19.2. The molecule has 3 N–H and O–H groups in total. The lowest BCUT2D eigenvalue weighted by Crippen LogP contribution is -2.48. The number of halogens is 1. The number of aliphatic carboxylic acids is 2. The van der Waals surface area contributed by atoms with Crippen LogP contribution in [-0.4, -0.2) is 68.5 Å². The predicted molar refractivity (Wildman–Crippen MR) is 124 cm³/mol. The molecule has 1 aromatic heterocycles. The van der Waals surface area contributed by atoms with E-state index in [9.17, 15) is 9.59 Å². The maximum Gasteiger partial charge on any atom is 0.414 e. The van der Waals surface area contributed by atoms with E-state index in [1.165, 1.54) is 6.92 Å². The number of carbonyl (C=O) groups is 4. The Morgan fingerprint density at radius 3 is 2.31 bits per heavy atom. The zero-order valence-electron chi connectivity index (χ0n) is 18.5. The van der Waals surface area contributed by atoms with E-state index in [1.54, 1.807) is 36.4 Å². The van der Waals surface area contributed by atoms with E-state index >= 15 is 0 Å². The summed E-state index contributed by atoms with van der Waals surface area (Å²) >= 11 is 6.00. The van der Waals surface area contributed by atoms with Crippen LogP contribution < -0.4 is 5.32 Å². The van der Waals surface area contributed by atoms with Crippen LogP contribution in [0, 0.1) is 0 Å². The first-order valence-corrected chi connectivity index (χ1v) is 10.7. The number of amides is 1. The molecule has 3 aromatic rings. The number of benzene rings is 2. The molecule has 0 atom stereocenters. The van der Waals surface area contributed by atoms with Crippen molar-refractivity contribution in [3.05, 3.63) is 65.0 Å². The monoisotopic (exact) mass is 500 g/mol. The number of nitrogens with zero attached hydrogens (tertiary/aromatic N) is 3. The molecule has 0 spiro atoms. The molecule has 1 amide bonds. The number of carbonyl (C=O) groups excluding carboxylic acids is 2. The van der Waals surface area contributed by atoms with Crippen molar-refractivity contribution in [1.29, 1.82) is 0 Å². The number of aromatic nitrogens is 2. The van der Waals surface area contributed by atoms with Gasteiger partial charge in [0.1, 0.15) is 0 Å². The van der Waals surface area contributed by atoms with Gasteiger partial charge in [-0.2, -0.15) is 4.98 Å².